The average Bonchev–Trinajstić information content (AvgIpc) is 3.08. The van der Waals surface area contributed by atoms with Crippen LogP contribution in [0.2, 0.25) is 0 Å². The largest absolute Gasteiger partial charge is 0.493 e. The van der Waals surface area contributed by atoms with Crippen molar-refractivity contribution in [2.24, 2.45) is 0 Å². The summed E-state index contributed by atoms with van der Waals surface area (Å²) in [6.07, 6.45) is -0.0644. The molecule has 2 rings (SSSR count). The molecule has 2 amide bonds. The van der Waals surface area contributed by atoms with E-state index in [2.05, 4.69) is 15.7 Å². The van der Waals surface area contributed by atoms with E-state index >= 15 is 0 Å². The fraction of sp³-hybridized carbons (Fsp3) is 0.542. The first-order valence-electron chi connectivity index (χ1n) is 11.6. The molecule has 2 aromatic rings. The van der Waals surface area contributed by atoms with Crippen molar-refractivity contribution >= 4 is 22.0 Å². The number of aliphatic hydroxyl groups excluding tert-OH is 1. The topological polar surface area (TPSA) is 169 Å². The molecule has 0 spiro atoms. The second-order valence-electron chi connectivity index (χ2n) is 10.0. The Morgan fingerprint density at radius 3 is 2.30 bits per heavy atom. The number of aromatic hydroxyl groups is 1. The van der Waals surface area contributed by atoms with E-state index in [9.17, 15) is 28.2 Å². The van der Waals surface area contributed by atoms with Gasteiger partial charge in [0.15, 0.2) is 0 Å². The quantitative estimate of drug-likeness (QED) is 0.331. The number of amides is 2. The lowest BCUT2D eigenvalue weighted by molar-refractivity contribution is -0.127. The molecule has 0 radical (unpaired) electrons. The van der Waals surface area contributed by atoms with Gasteiger partial charge in [0, 0.05) is 18.6 Å². The summed E-state index contributed by atoms with van der Waals surface area (Å²) in [5.41, 5.74) is -1.32. The van der Waals surface area contributed by atoms with Gasteiger partial charge in [0.05, 0.1) is 31.2 Å². The van der Waals surface area contributed by atoms with Crippen LogP contribution in [0.15, 0.2) is 30.3 Å². The minimum Gasteiger partial charge on any atom is -0.493 e. The molecule has 206 valence electrons. The maximum Gasteiger partial charge on any atom is 0.408 e. The van der Waals surface area contributed by atoms with E-state index in [1.165, 1.54) is 13.8 Å². The molecule has 4 N–H and O–H groups in total. The molecule has 13 heteroatoms. The van der Waals surface area contributed by atoms with Crippen LogP contribution in [-0.2, 0) is 37.3 Å². The third-order valence-corrected chi connectivity index (χ3v) is 5.93. The zero-order valence-electron chi connectivity index (χ0n) is 21.9. The molecule has 0 unspecified atom stereocenters. The van der Waals surface area contributed by atoms with E-state index in [0.29, 0.717) is 4.09 Å². The maximum absolute atomic E-state index is 13.2. The van der Waals surface area contributed by atoms with E-state index in [-0.39, 0.29) is 30.9 Å². The van der Waals surface area contributed by atoms with Gasteiger partial charge in [-0.25, -0.2) is 13.2 Å². The molecule has 1 atom stereocenters. The molecule has 0 aliphatic rings. The second-order valence-corrected chi connectivity index (χ2v) is 11.9. The Kier molecular flexibility index (Phi) is 9.69. The van der Waals surface area contributed by atoms with Crippen LogP contribution in [0.25, 0.3) is 0 Å². The lowest BCUT2D eigenvalue weighted by atomic mass is 10.0. The van der Waals surface area contributed by atoms with Gasteiger partial charge in [0.1, 0.15) is 11.1 Å². The molecule has 0 bridgehead atoms. The fourth-order valence-electron chi connectivity index (χ4n) is 3.31. The van der Waals surface area contributed by atoms with Gasteiger partial charge < -0.3 is 30.3 Å². The van der Waals surface area contributed by atoms with Gasteiger partial charge in [0.25, 0.3) is 10.0 Å². The van der Waals surface area contributed by atoms with E-state index in [0.717, 1.165) is 11.8 Å². The highest BCUT2D eigenvalue weighted by Gasteiger charge is 2.35. The zero-order chi connectivity index (χ0) is 28.0. The number of nitrogens with zero attached hydrogens (tertiary/aromatic N) is 2. The second kappa shape index (κ2) is 11.9. The van der Waals surface area contributed by atoms with Crippen molar-refractivity contribution in [1.29, 1.82) is 0 Å². The van der Waals surface area contributed by atoms with Crippen LogP contribution in [0.5, 0.6) is 5.88 Å². The Labute approximate surface area is 217 Å². The minimum atomic E-state index is -3.99. The number of nitrogens with one attached hydrogen (secondary N) is 2. The average molecular weight is 541 g/mol. The number of ether oxygens (including phenoxy) is 2. The number of rotatable bonds is 11. The fourth-order valence-corrected chi connectivity index (χ4v) is 3.97. The van der Waals surface area contributed by atoms with E-state index < -0.39 is 51.7 Å². The Morgan fingerprint density at radius 2 is 1.76 bits per heavy atom. The molecule has 0 fully saturated rings. The number of carbonyl (C=O) groups is 2. The first kappa shape index (κ1) is 30.1. The van der Waals surface area contributed by atoms with Gasteiger partial charge in [-0.05, 0) is 40.2 Å². The van der Waals surface area contributed by atoms with Gasteiger partial charge in [-0.2, -0.15) is 5.10 Å². The van der Waals surface area contributed by atoms with E-state index in [1.54, 1.807) is 20.8 Å². The molecule has 0 saturated carbocycles. The predicted octanol–water partition coefficient (Wildman–Crippen LogP) is 1.61. The zero-order valence-corrected chi connectivity index (χ0v) is 22.8. The Hall–Kier alpha value is -3.16. The summed E-state index contributed by atoms with van der Waals surface area (Å²) in [4.78, 5) is 25.5. The van der Waals surface area contributed by atoms with Crippen molar-refractivity contribution in [3.63, 3.8) is 0 Å². The van der Waals surface area contributed by atoms with E-state index in [1.807, 2.05) is 30.3 Å². The van der Waals surface area contributed by atoms with Crippen LogP contribution < -0.4 is 10.6 Å². The molecular weight excluding hydrogens is 504 g/mol. The number of aromatic nitrogens is 2. The third-order valence-electron chi connectivity index (χ3n) is 5.05. The number of benzene rings is 1. The molecule has 1 heterocycles. The first-order chi connectivity index (χ1) is 17.0. The number of alkyl carbamates (subject to hydrolysis) is 1. The SMILES string of the molecule is CC(C)(C)OC(=O)NC(C)(C)C(=O)N[C@H](COCc1ccccc1)c1nn(S(C)(=O)=O)c(O)c1CCO. The van der Waals surface area contributed by atoms with Gasteiger partial charge in [-0.15, -0.1) is 4.09 Å². The van der Waals surface area contributed by atoms with Gasteiger partial charge in [-0.3, -0.25) is 4.79 Å². The normalized spacial score (nSPS) is 13.2. The Bertz CT molecular complexity index is 1190. The summed E-state index contributed by atoms with van der Waals surface area (Å²) in [6, 6.07) is 8.20. The molecule has 1 aromatic heterocycles. The first-order valence-corrected chi connectivity index (χ1v) is 13.5. The summed E-state index contributed by atoms with van der Waals surface area (Å²) < 4.78 is 35.8. The molecule has 0 aliphatic carbocycles. The van der Waals surface area contributed by atoms with Crippen LogP contribution in [-0.4, -0.2) is 70.4 Å². The number of aliphatic hydroxyl groups is 1. The predicted molar refractivity (Wildman–Crippen MR) is 135 cm³/mol. The summed E-state index contributed by atoms with van der Waals surface area (Å²) in [7, 11) is -3.99. The van der Waals surface area contributed by atoms with Crippen molar-refractivity contribution in [3.05, 3.63) is 47.2 Å². The highest BCUT2D eigenvalue weighted by Crippen LogP contribution is 2.28. The maximum atomic E-state index is 13.2. The summed E-state index contributed by atoms with van der Waals surface area (Å²) in [5, 5.41) is 29.3. The van der Waals surface area contributed by atoms with Crippen LogP contribution in [0.4, 0.5) is 4.79 Å². The van der Waals surface area contributed by atoms with Crippen LogP contribution >= 0.6 is 0 Å². The Morgan fingerprint density at radius 1 is 1.14 bits per heavy atom. The highest BCUT2D eigenvalue weighted by atomic mass is 32.2. The van der Waals surface area contributed by atoms with Gasteiger partial charge in [-0.1, -0.05) is 30.3 Å². The standard InChI is InChI=1S/C24H36N4O8S/c1-23(2,3)36-22(32)26-24(4,5)21(31)25-18(15-35-14-16-10-8-7-9-11-16)19-17(12-13-29)20(30)28(27-19)37(6,33)34/h7-11,18,29-30H,12-15H2,1-6H3,(H,25,31)(H,26,32)/t18-/m1/s1. The number of hydrogen-bond acceptors (Lipinski definition) is 9. The van der Waals surface area contributed by atoms with Crippen LogP contribution in [0.3, 0.4) is 0 Å². The summed E-state index contributed by atoms with van der Waals surface area (Å²) in [5.74, 6) is -1.31. The van der Waals surface area contributed by atoms with Crippen molar-refractivity contribution in [2.75, 3.05) is 19.5 Å². The lowest BCUT2D eigenvalue weighted by Crippen LogP contribution is -2.56. The molecule has 37 heavy (non-hydrogen) atoms. The van der Waals surface area contributed by atoms with Crippen molar-refractivity contribution in [3.8, 4) is 5.88 Å². The molecule has 0 saturated heterocycles. The van der Waals surface area contributed by atoms with Gasteiger partial charge in [0.2, 0.25) is 11.8 Å². The molecule has 12 nitrogen and oxygen atoms in total. The molecular formula is C24H36N4O8S. The van der Waals surface area contributed by atoms with Crippen molar-refractivity contribution in [2.45, 2.75) is 64.8 Å². The summed E-state index contributed by atoms with van der Waals surface area (Å²) in [6.45, 7) is 7.62. The van der Waals surface area contributed by atoms with Gasteiger partial charge >= 0.3 is 6.09 Å². The minimum absolute atomic E-state index is 0.00598. The van der Waals surface area contributed by atoms with Crippen molar-refractivity contribution < 1.29 is 37.7 Å². The monoisotopic (exact) mass is 540 g/mol. The highest BCUT2D eigenvalue weighted by molar-refractivity contribution is 7.89. The number of hydrogen-bond donors (Lipinski definition) is 4. The van der Waals surface area contributed by atoms with Crippen molar-refractivity contribution in [1.82, 2.24) is 19.8 Å². The third kappa shape index (κ3) is 8.72. The van der Waals surface area contributed by atoms with Crippen LogP contribution in [0.1, 0.15) is 57.5 Å². The van der Waals surface area contributed by atoms with E-state index in [4.69, 9.17) is 9.47 Å². The lowest BCUT2D eigenvalue weighted by Gasteiger charge is -2.29. The number of carbonyl (C=O) groups excluding carboxylic acids is 2. The summed E-state index contributed by atoms with van der Waals surface area (Å²) >= 11 is 0. The van der Waals surface area contributed by atoms with Crippen LogP contribution in [0, 0.1) is 0 Å². The Balaban J connectivity index is 2.37. The molecule has 1 aromatic carbocycles. The smallest absolute Gasteiger partial charge is 0.408 e. The molecule has 0 aliphatic heterocycles.